The minimum atomic E-state index is 0.800. The van der Waals surface area contributed by atoms with E-state index in [1.54, 1.807) is 10.5 Å². The van der Waals surface area contributed by atoms with Gasteiger partial charge in [-0.2, -0.15) is 0 Å². The Labute approximate surface area is 185 Å². The lowest BCUT2D eigenvalue weighted by atomic mass is 9.81. The van der Waals surface area contributed by atoms with Crippen molar-refractivity contribution in [2.45, 2.75) is 94.4 Å². The number of thiophene rings is 1. The fourth-order valence-electron chi connectivity index (χ4n) is 2.97. The predicted octanol–water partition coefficient (Wildman–Crippen LogP) is 9.73. The summed E-state index contributed by atoms with van der Waals surface area (Å²) in [6.45, 7) is 22.6. The van der Waals surface area contributed by atoms with Crippen LogP contribution in [0.2, 0.25) is 0 Å². The molecule has 1 aromatic heterocycles. The molecule has 0 aromatic carbocycles. The van der Waals surface area contributed by atoms with Crippen molar-refractivity contribution in [3.63, 3.8) is 0 Å². The van der Waals surface area contributed by atoms with E-state index in [2.05, 4.69) is 26.7 Å². The molecule has 164 valence electrons. The van der Waals surface area contributed by atoms with Crippen LogP contribution in [-0.2, 0) is 0 Å². The molecule has 28 heavy (non-hydrogen) atoms. The maximum Gasteiger partial charge on any atom is 0.160 e. The number of aryl methyl sites for hydroxylation is 1. The summed E-state index contributed by atoms with van der Waals surface area (Å²) in [6, 6.07) is 1.87. The fourth-order valence-corrected chi connectivity index (χ4v) is 4.58. The third-order valence-electron chi connectivity index (χ3n) is 3.88. The Bertz CT molecular complexity index is 526. The highest BCUT2D eigenvalue weighted by molar-refractivity contribution is 8.02. The summed E-state index contributed by atoms with van der Waals surface area (Å²) in [5.41, 5.74) is 4.05. The van der Waals surface area contributed by atoms with E-state index in [4.69, 9.17) is 0 Å². The van der Waals surface area contributed by atoms with Gasteiger partial charge in [0.15, 0.2) is 6.29 Å². The van der Waals surface area contributed by atoms with E-state index < -0.39 is 0 Å². The molecule has 1 aliphatic carbocycles. The number of thioether (sulfide) groups is 1. The second-order valence-corrected chi connectivity index (χ2v) is 7.69. The summed E-state index contributed by atoms with van der Waals surface area (Å²) in [6.07, 6.45) is 9.74. The van der Waals surface area contributed by atoms with Gasteiger partial charge in [0.25, 0.3) is 0 Å². The van der Waals surface area contributed by atoms with Gasteiger partial charge in [0.05, 0.1) is 4.88 Å². The summed E-state index contributed by atoms with van der Waals surface area (Å²) >= 11 is 3.41. The monoisotopic (exact) mass is 426 g/mol. The molecule has 0 fully saturated rings. The molecule has 0 saturated carbocycles. The lowest BCUT2D eigenvalue weighted by molar-refractivity contribution is 0.112. The first-order chi connectivity index (χ1) is 13.5. The van der Waals surface area contributed by atoms with Gasteiger partial charge in [-0.15, -0.1) is 23.1 Å². The molecule has 0 amide bonds. The Morgan fingerprint density at radius 2 is 1.82 bits per heavy atom. The van der Waals surface area contributed by atoms with Crippen LogP contribution in [0.25, 0.3) is 0 Å². The zero-order valence-electron chi connectivity index (χ0n) is 20.3. The van der Waals surface area contributed by atoms with E-state index in [9.17, 15) is 4.79 Å². The smallest absolute Gasteiger partial charge is 0.160 e. The fraction of sp³-hybridized carbons (Fsp3) is 0.640. The van der Waals surface area contributed by atoms with Crippen LogP contribution in [0.5, 0.6) is 0 Å². The van der Waals surface area contributed by atoms with Gasteiger partial charge in [0.2, 0.25) is 0 Å². The van der Waals surface area contributed by atoms with Crippen molar-refractivity contribution in [3.8, 4) is 0 Å². The molecular weight excluding hydrogens is 380 g/mol. The minimum Gasteiger partial charge on any atom is -0.297 e. The SMILES string of the molecule is C=C(C)C1=C(SC)CCCC1CCC.CC.CC.CC.Cc1csc(C=O)c1. The first-order valence-corrected chi connectivity index (χ1v) is 13.1. The molecule has 1 unspecified atom stereocenters. The molecular formula is C25H46OS2. The minimum absolute atomic E-state index is 0.800. The Kier molecular flexibility index (Phi) is 25.6. The third-order valence-corrected chi connectivity index (χ3v) is 5.77. The van der Waals surface area contributed by atoms with Crippen molar-refractivity contribution in [1.29, 1.82) is 0 Å². The molecule has 0 bridgehead atoms. The van der Waals surface area contributed by atoms with Crippen molar-refractivity contribution in [2.75, 3.05) is 6.26 Å². The number of aldehydes is 1. The van der Waals surface area contributed by atoms with Crippen LogP contribution in [-0.4, -0.2) is 12.5 Å². The molecule has 0 spiro atoms. The average molecular weight is 427 g/mol. The number of hydrogen-bond donors (Lipinski definition) is 0. The topological polar surface area (TPSA) is 17.1 Å². The van der Waals surface area contributed by atoms with Crippen LogP contribution in [0.1, 0.15) is 103 Å². The maximum absolute atomic E-state index is 10.0. The van der Waals surface area contributed by atoms with E-state index in [-0.39, 0.29) is 0 Å². The van der Waals surface area contributed by atoms with Gasteiger partial charge in [0.1, 0.15) is 0 Å². The highest BCUT2D eigenvalue weighted by Crippen LogP contribution is 2.40. The molecule has 2 rings (SSSR count). The molecule has 0 N–H and O–H groups in total. The van der Waals surface area contributed by atoms with E-state index in [0.717, 1.165) is 22.6 Å². The first-order valence-electron chi connectivity index (χ1n) is 11.0. The highest BCUT2D eigenvalue weighted by Gasteiger charge is 2.22. The Morgan fingerprint density at radius 1 is 1.25 bits per heavy atom. The van der Waals surface area contributed by atoms with Crippen LogP contribution in [0.15, 0.2) is 34.1 Å². The molecule has 1 heterocycles. The van der Waals surface area contributed by atoms with Crippen molar-refractivity contribution in [3.05, 3.63) is 44.5 Å². The van der Waals surface area contributed by atoms with Crippen molar-refractivity contribution < 1.29 is 4.79 Å². The number of hydrogen-bond acceptors (Lipinski definition) is 3. The standard InChI is InChI=1S/C13H22S.C6H6OS.3C2H6/c1-5-7-11-8-6-9-12(14-4)13(11)10(2)3;1-5-2-6(3-7)8-4-5;3*1-2/h11H,2,5-9H2,1,3-4H3;2-4H,1H3;3*1-2H3. The Hall–Kier alpha value is -0.800. The molecule has 1 atom stereocenters. The highest BCUT2D eigenvalue weighted by atomic mass is 32.2. The van der Waals surface area contributed by atoms with Crippen LogP contribution in [0.3, 0.4) is 0 Å². The maximum atomic E-state index is 10.0. The Balaban J connectivity index is -0.000000379. The van der Waals surface area contributed by atoms with Gasteiger partial charge < -0.3 is 0 Å². The summed E-state index contributed by atoms with van der Waals surface area (Å²) < 4.78 is 0. The van der Waals surface area contributed by atoms with Gasteiger partial charge in [-0.3, -0.25) is 4.79 Å². The second kappa shape index (κ2) is 22.5. The first kappa shape index (κ1) is 31.9. The zero-order chi connectivity index (χ0) is 22.5. The predicted molar refractivity (Wildman–Crippen MR) is 136 cm³/mol. The lowest BCUT2D eigenvalue weighted by Crippen LogP contribution is -2.12. The van der Waals surface area contributed by atoms with Gasteiger partial charge >= 0.3 is 0 Å². The zero-order valence-corrected chi connectivity index (χ0v) is 21.9. The molecule has 1 aliphatic rings. The summed E-state index contributed by atoms with van der Waals surface area (Å²) in [5.74, 6) is 0.800. The van der Waals surface area contributed by atoms with Crippen LogP contribution in [0.4, 0.5) is 0 Å². The van der Waals surface area contributed by atoms with Crippen LogP contribution < -0.4 is 0 Å². The van der Waals surface area contributed by atoms with Gasteiger partial charge in [-0.1, -0.05) is 67.0 Å². The van der Waals surface area contributed by atoms with Gasteiger partial charge in [0, 0.05) is 0 Å². The normalized spacial score (nSPS) is 14.6. The number of rotatable bonds is 5. The van der Waals surface area contributed by atoms with Crippen molar-refractivity contribution in [1.82, 2.24) is 0 Å². The van der Waals surface area contributed by atoms with Crippen molar-refractivity contribution >= 4 is 29.4 Å². The number of carbonyl (C=O) groups excluding carboxylic acids is 1. The number of carbonyl (C=O) groups is 1. The molecule has 1 nitrogen and oxygen atoms in total. The van der Waals surface area contributed by atoms with E-state index >= 15 is 0 Å². The average Bonchev–Trinajstić information content (AvgIpc) is 3.18. The molecule has 1 aromatic rings. The summed E-state index contributed by atoms with van der Waals surface area (Å²) in [4.78, 5) is 12.4. The van der Waals surface area contributed by atoms with Crippen LogP contribution in [0, 0.1) is 12.8 Å². The Morgan fingerprint density at radius 3 is 2.14 bits per heavy atom. The third kappa shape index (κ3) is 13.4. The second-order valence-electron chi connectivity index (χ2n) is 5.84. The van der Waals surface area contributed by atoms with E-state index in [1.807, 2.05) is 71.7 Å². The van der Waals surface area contributed by atoms with E-state index in [1.165, 1.54) is 49.0 Å². The van der Waals surface area contributed by atoms with Gasteiger partial charge in [-0.25, -0.2) is 0 Å². The number of allylic oxidation sites excluding steroid dienone is 3. The largest absolute Gasteiger partial charge is 0.297 e. The lowest BCUT2D eigenvalue weighted by Gasteiger charge is -2.28. The van der Waals surface area contributed by atoms with Gasteiger partial charge in [-0.05, 0) is 79.2 Å². The van der Waals surface area contributed by atoms with Crippen molar-refractivity contribution in [2.24, 2.45) is 5.92 Å². The molecule has 3 heteroatoms. The molecule has 0 saturated heterocycles. The summed E-state index contributed by atoms with van der Waals surface area (Å²) in [7, 11) is 0. The molecule has 0 radical (unpaired) electrons. The molecule has 0 aliphatic heterocycles. The quantitative estimate of drug-likeness (QED) is 0.436. The summed E-state index contributed by atoms with van der Waals surface area (Å²) in [5, 5.41) is 1.96. The van der Waals surface area contributed by atoms with E-state index in [0.29, 0.717) is 0 Å². The van der Waals surface area contributed by atoms with Crippen LogP contribution >= 0.6 is 23.1 Å².